The first-order chi connectivity index (χ1) is 18.2. The molecule has 2 amide bonds. The van der Waals surface area contributed by atoms with Crippen molar-refractivity contribution in [3.8, 4) is 0 Å². The van der Waals surface area contributed by atoms with Gasteiger partial charge in [0, 0.05) is 25.4 Å². The molecule has 1 N–H and O–H groups in total. The van der Waals surface area contributed by atoms with E-state index in [9.17, 15) is 14.4 Å². The number of ether oxygens (including phenoxy) is 2. The summed E-state index contributed by atoms with van der Waals surface area (Å²) in [6.45, 7) is 6.90. The van der Waals surface area contributed by atoms with E-state index in [0.29, 0.717) is 32.4 Å². The average Bonchev–Trinajstić information content (AvgIpc) is 3.18. The van der Waals surface area contributed by atoms with E-state index in [1.807, 2.05) is 63.3 Å². The highest BCUT2D eigenvalue weighted by atomic mass is 16.6. The number of rotatable bonds is 7. The summed E-state index contributed by atoms with van der Waals surface area (Å²) in [6.07, 6.45) is 11.2. The van der Waals surface area contributed by atoms with Gasteiger partial charge in [-0.05, 0) is 51.2 Å². The molecule has 0 saturated carbocycles. The van der Waals surface area contributed by atoms with E-state index in [0.717, 1.165) is 29.7 Å². The first-order valence-corrected chi connectivity index (χ1v) is 13.8. The highest BCUT2D eigenvalue weighted by molar-refractivity contribution is 6.06. The number of aryl methyl sites for hydroxylation is 2. The van der Waals surface area contributed by atoms with E-state index in [1.54, 1.807) is 9.80 Å². The molecule has 0 radical (unpaired) electrons. The number of unbranched alkanes of at least 4 members (excludes halogenated alkanes) is 3. The fourth-order valence-electron chi connectivity index (χ4n) is 6.91. The Morgan fingerprint density at radius 1 is 0.974 bits per heavy atom. The molecular formula is C30H38N2O6. The summed E-state index contributed by atoms with van der Waals surface area (Å²) in [6, 6.07) is 5.03. The third-order valence-electron chi connectivity index (χ3n) is 8.54. The van der Waals surface area contributed by atoms with Crippen LogP contribution in [0.4, 0.5) is 5.69 Å². The molecular weight excluding hydrogens is 484 g/mol. The van der Waals surface area contributed by atoms with Gasteiger partial charge in [-0.2, -0.15) is 0 Å². The molecule has 8 nitrogen and oxygen atoms in total. The first-order valence-electron chi connectivity index (χ1n) is 13.8. The summed E-state index contributed by atoms with van der Waals surface area (Å²) in [5.74, 6) is -2.60. The number of hydrogen-bond donors (Lipinski definition) is 1. The van der Waals surface area contributed by atoms with Crippen LogP contribution < -0.4 is 4.90 Å². The summed E-state index contributed by atoms with van der Waals surface area (Å²) in [5.41, 5.74) is 0.449. The van der Waals surface area contributed by atoms with Crippen molar-refractivity contribution in [1.29, 1.82) is 0 Å². The van der Waals surface area contributed by atoms with Crippen LogP contribution in [0.5, 0.6) is 0 Å². The lowest BCUT2D eigenvalue weighted by Crippen LogP contribution is -2.56. The predicted molar refractivity (Wildman–Crippen MR) is 142 cm³/mol. The van der Waals surface area contributed by atoms with E-state index in [-0.39, 0.29) is 25.0 Å². The van der Waals surface area contributed by atoms with Gasteiger partial charge in [-0.25, -0.2) is 0 Å². The Bertz CT molecular complexity index is 1160. The molecule has 0 bridgehead atoms. The second-order valence-corrected chi connectivity index (χ2v) is 11.1. The minimum atomic E-state index is -1.28. The van der Waals surface area contributed by atoms with Crippen molar-refractivity contribution in [2.24, 2.45) is 11.8 Å². The van der Waals surface area contributed by atoms with E-state index in [4.69, 9.17) is 14.6 Å². The van der Waals surface area contributed by atoms with Crippen LogP contribution in [0, 0.1) is 25.7 Å². The molecule has 5 rings (SSSR count). The summed E-state index contributed by atoms with van der Waals surface area (Å²) in [5, 5.41) is 9.14. The SMILES string of the molecule is Cc1cccc(C)c1N1CC=C[C@]23O[C@@]4(C)C=CCCOC(=O)[C@H]4[C@H]2C(=O)N(CCCCCCO)C3C1=O. The Morgan fingerprint density at radius 3 is 2.45 bits per heavy atom. The highest BCUT2D eigenvalue weighted by Crippen LogP contribution is 2.57. The van der Waals surface area contributed by atoms with Gasteiger partial charge in [-0.15, -0.1) is 0 Å². The maximum Gasteiger partial charge on any atom is 0.313 e. The summed E-state index contributed by atoms with van der Waals surface area (Å²) >= 11 is 0. The van der Waals surface area contributed by atoms with Crippen molar-refractivity contribution >= 4 is 23.5 Å². The van der Waals surface area contributed by atoms with Crippen LogP contribution in [0.25, 0.3) is 0 Å². The van der Waals surface area contributed by atoms with Crippen LogP contribution in [-0.4, -0.2) is 71.3 Å². The number of anilines is 1. The molecule has 1 aromatic carbocycles. The first kappa shape index (κ1) is 26.6. The summed E-state index contributed by atoms with van der Waals surface area (Å²) in [4.78, 5) is 45.5. The van der Waals surface area contributed by atoms with Gasteiger partial charge in [0.05, 0.1) is 18.1 Å². The standard InChI is InChI=1S/C30H38N2O6/c1-20-12-10-13-21(2)24(20)31-17-11-15-30-22(23-28(36)37-19-9-6-14-29(23,3)38-30)26(34)32(25(30)27(31)35)16-7-4-5-8-18-33/h6,10-15,22-23,25,33H,4-5,7-9,16-19H2,1-3H3/t22-,23+,25?,29-,30-/m0/s1. The molecule has 2 saturated heterocycles. The van der Waals surface area contributed by atoms with Crippen molar-refractivity contribution < 1.29 is 29.0 Å². The molecule has 5 atom stereocenters. The lowest BCUT2D eigenvalue weighted by Gasteiger charge is -2.38. The normalized spacial score (nSPS) is 32.4. The van der Waals surface area contributed by atoms with E-state index in [2.05, 4.69) is 0 Å². The third-order valence-corrected chi connectivity index (χ3v) is 8.54. The fourth-order valence-corrected chi connectivity index (χ4v) is 6.91. The topological polar surface area (TPSA) is 96.4 Å². The average molecular weight is 523 g/mol. The minimum absolute atomic E-state index is 0.133. The van der Waals surface area contributed by atoms with E-state index in [1.165, 1.54) is 0 Å². The van der Waals surface area contributed by atoms with Gasteiger partial charge >= 0.3 is 5.97 Å². The molecule has 4 aliphatic rings. The molecule has 4 heterocycles. The number of para-hydroxylation sites is 1. The largest absolute Gasteiger partial charge is 0.465 e. The molecule has 1 spiro atoms. The minimum Gasteiger partial charge on any atom is -0.465 e. The van der Waals surface area contributed by atoms with E-state index < -0.39 is 35.0 Å². The molecule has 204 valence electrons. The zero-order valence-electron chi connectivity index (χ0n) is 22.5. The molecule has 2 fully saturated rings. The number of likely N-dealkylation sites (tertiary alicyclic amines) is 1. The highest BCUT2D eigenvalue weighted by Gasteiger charge is 2.74. The Morgan fingerprint density at radius 2 is 1.71 bits per heavy atom. The molecule has 0 aliphatic carbocycles. The van der Waals surface area contributed by atoms with Crippen LogP contribution >= 0.6 is 0 Å². The maximum absolute atomic E-state index is 14.5. The van der Waals surface area contributed by atoms with Gasteiger partial charge in [0.1, 0.15) is 17.6 Å². The number of benzene rings is 1. The van der Waals surface area contributed by atoms with Crippen molar-refractivity contribution in [3.63, 3.8) is 0 Å². The summed E-state index contributed by atoms with van der Waals surface area (Å²) in [7, 11) is 0. The van der Waals surface area contributed by atoms with Gasteiger partial charge in [0.25, 0.3) is 5.91 Å². The molecule has 8 heteroatoms. The van der Waals surface area contributed by atoms with Gasteiger partial charge in [0.2, 0.25) is 5.91 Å². The smallest absolute Gasteiger partial charge is 0.313 e. The molecule has 4 aliphatic heterocycles. The van der Waals surface area contributed by atoms with Gasteiger partial charge in [-0.3, -0.25) is 14.4 Å². The fraction of sp³-hybridized carbons (Fsp3) is 0.567. The van der Waals surface area contributed by atoms with Gasteiger partial charge in [0.15, 0.2) is 0 Å². The van der Waals surface area contributed by atoms with Gasteiger partial charge < -0.3 is 24.4 Å². The number of fused-ring (bicyclic) bond motifs is 2. The molecule has 38 heavy (non-hydrogen) atoms. The second-order valence-electron chi connectivity index (χ2n) is 11.1. The molecule has 0 aromatic heterocycles. The lowest BCUT2D eigenvalue weighted by molar-refractivity contribution is -0.159. The Kier molecular flexibility index (Phi) is 7.22. The number of carbonyl (C=O) groups excluding carboxylic acids is 3. The number of aliphatic hydroxyl groups is 1. The quantitative estimate of drug-likeness (QED) is 0.336. The number of aliphatic hydroxyl groups excluding tert-OH is 1. The maximum atomic E-state index is 14.5. The van der Waals surface area contributed by atoms with Crippen LogP contribution in [0.3, 0.4) is 0 Å². The third kappa shape index (κ3) is 4.18. The number of cyclic esters (lactones) is 1. The summed E-state index contributed by atoms with van der Waals surface area (Å²) < 4.78 is 12.3. The van der Waals surface area contributed by atoms with Crippen molar-refractivity contribution in [1.82, 2.24) is 4.90 Å². The van der Waals surface area contributed by atoms with Gasteiger partial charge in [-0.1, -0.05) is 55.3 Å². The number of hydrogen-bond acceptors (Lipinski definition) is 6. The van der Waals surface area contributed by atoms with Crippen molar-refractivity contribution in [2.45, 2.75) is 70.1 Å². The lowest BCUT2D eigenvalue weighted by atomic mass is 9.74. The second kappa shape index (κ2) is 10.3. The molecule has 1 unspecified atom stereocenters. The van der Waals surface area contributed by atoms with Crippen molar-refractivity contribution in [2.75, 3.05) is 31.2 Å². The Hall–Kier alpha value is -2.97. The van der Waals surface area contributed by atoms with Crippen molar-refractivity contribution in [3.05, 3.63) is 53.6 Å². The van der Waals surface area contributed by atoms with E-state index >= 15 is 0 Å². The van der Waals surface area contributed by atoms with Crippen LogP contribution in [-0.2, 0) is 23.9 Å². The number of amides is 2. The Balaban J connectivity index is 1.59. The van der Waals surface area contributed by atoms with Crippen LogP contribution in [0.2, 0.25) is 0 Å². The monoisotopic (exact) mass is 522 g/mol. The number of nitrogens with zero attached hydrogens (tertiary/aromatic N) is 2. The zero-order valence-corrected chi connectivity index (χ0v) is 22.5. The van der Waals surface area contributed by atoms with Crippen LogP contribution in [0.15, 0.2) is 42.5 Å². The number of carbonyl (C=O) groups is 3. The zero-order chi connectivity index (χ0) is 27.1. The molecule has 1 aromatic rings. The number of esters is 1. The predicted octanol–water partition coefficient (Wildman–Crippen LogP) is 3.23. The van der Waals surface area contributed by atoms with Crippen LogP contribution in [0.1, 0.15) is 50.2 Å². The Labute approximate surface area is 224 Å².